The van der Waals surface area contributed by atoms with Gasteiger partial charge in [0, 0.05) is 0 Å². The molecule has 0 aromatic heterocycles. The molecule has 0 heterocycles. The Hall–Kier alpha value is -1.85. The minimum atomic E-state index is -3.35. The smallest absolute Gasteiger partial charge is 0.310 e. The van der Waals surface area contributed by atoms with E-state index >= 15 is 0 Å². The third kappa shape index (κ3) is 6.15. The van der Waals surface area contributed by atoms with Crippen molar-refractivity contribution in [2.75, 3.05) is 12.4 Å². The third-order valence-corrected chi connectivity index (χ3v) is 6.27. The number of carbonyl (C=O) groups is 1. The molecule has 0 amide bonds. The van der Waals surface area contributed by atoms with E-state index in [4.69, 9.17) is 16.3 Å². The Morgan fingerprint density at radius 1 is 1.00 bits per heavy atom. The first-order valence-electron chi connectivity index (χ1n) is 8.63. The fourth-order valence-electron chi connectivity index (χ4n) is 2.63. The predicted octanol–water partition coefficient (Wildman–Crippen LogP) is 4.24. The molecule has 0 fully saturated rings. The summed E-state index contributed by atoms with van der Waals surface area (Å²) in [7, 11) is -3.35. The van der Waals surface area contributed by atoms with E-state index in [-0.39, 0.29) is 28.1 Å². The normalized spacial score (nSPS) is 11.3. The monoisotopic (exact) mass is 394 g/mol. The highest BCUT2D eigenvalue weighted by molar-refractivity contribution is 7.91. The van der Waals surface area contributed by atoms with Crippen molar-refractivity contribution >= 4 is 27.4 Å². The maximum atomic E-state index is 12.3. The van der Waals surface area contributed by atoms with Crippen molar-refractivity contribution in [3.63, 3.8) is 0 Å². The number of hydrogen-bond donors (Lipinski definition) is 0. The molecule has 0 aliphatic carbocycles. The topological polar surface area (TPSA) is 60.4 Å². The second kappa shape index (κ2) is 9.74. The Morgan fingerprint density at radius 2 is 1.65 bits per heavy atom. The summed E-state index contributed by atoms with van der Waals surface area (Å²) >= 11 is 5.98. The summed E-state index contributed by atoms with van der Waals surface area (Å²) < 4.78 is 29.6. The summed E-state index contributed by atoms with van der Waals surface area (Å²) in [6, 6.07) is 14.3. The number of sulfone groups is 1. The minimum Gasteiger partial charge on any atom is -0.466 e. The van der Waals surface area contributed by atoms with Crippen LogP contribution >= 0.6 is 11.6 Å². The number of esters is 1. The van der Waals surface area contributed by atoms with Crippen LogP contribution in [-0.2, 0) is 32.2 Å². The number of halogens is 1. The number of rotatable bonds is 9. The minimum absolute atomic E-state index is 0.0810. The van der Waals surface area contributed by atoms with Gasteiger partial charge in [0.2, 0.25) is 0 Å². The van der Waals surface area contributed by atoms with Crippen LogP contribution in [0.3, 0.4) is 0 Å². The van der Waals surface area contributed by atoms with Crippen molar-refractivity contribution < 1.29 is 17.9 Å². The first-order chi connectivity index (χ1) is 12.4. The van der Waals surface area contributed by atoms with E-state index in [1.54, 1.807) is 31.2 Å². The number of hydrogen-bond acceptors (Lipinski definition) is 4. The molecule has 4 nitrogen and oxygen atoms in total. The zero-order chi connectivity index (χ0) is 19.0. The van der Waals surface area contributed by atoms with Gasteiger partial charge in [0.25, 0.3) is 0 Å². The molecule has 2 aromatic carbocycles. The summed E-state index contributed by atoms with van der Waals surface area (Å²) in [5.74, 6) is -0.150. The molecule has 0 saturated carbocycles. The number of unbranched alkanes of at least 4 members (excludes halogenated alkanes) is 1. The van der Waals surface area contributed by atoms with E-state index < -0.39 is 9.84 Å². The van der Waals surface area contributed by atoms with Gasteiger partial charge in [-0.3, -0.25) is 4.79 Å². The Labute approximate surface area is 160 Å². The molecule has 2 rings (SSSR count). The van der Waals surface area contributed by atoms with E-state index in [1.165, 1.54) is 0 Å². The van der Waals surface area contributed by atoms with Crippen LogP contribution in [0.4, 0.5) is 0 Å². The second-order valence-electron chi connectivity index (χ2n) is 6.00. The lowest BCUT2D eigenvalue weighted by Gasteiger charge is -2.07. The Kier molecular flexibility index (Phi) is 7.66. The molecule has 0 saturated heterocycles. The van der Waals surface area contributed by atoms with Crippen LogP contribution in [-0.4, -0.2) is 26.7 Å². The molecule has 0 aliphatic rings. The van der Waals surface area contributed by atoms with Gasteiger partial charge in [-0.2, -0.15) is 0 Å². The first kappa shape index (κ1) is 20.5. The number of ether oxygens (including phenoxy) is 1. The predicted molar refractivity (Wildman–Crippen MR) is 103 cm³/mol. The molecule has 140 valence electrons. The molecule has 0 radical (unpaired) electrons. The third-order valence-electron chi connectivity index (χ3n) is 3.98. The molecule has 0 N–H and O–H groups in total. The molecular weight excluding hydrogens is 372 g/mol. The molecule has 0 atom stereocenters. The summed E-state index contributed by atoms with van der Waals surface area (Å²) in [5, 5.41) is 0.268. The van der Waals surface area contributed by atoms with Gasteiger partial charge >= 0.3 is 5.97 Å². The van der Waals surface area contributed by atoms with Crippen LogP contribution in [0.25, 0.3) is 0 Å². The van der Waals surface area contributed by atoms with Crippen molar-refractivity contribution in [1.29, 1.82) is 0 Å². The lowest BCUT2D eigenvalue weighted by molar-refractivity contribution is -0.142. The van der Waals surface area contributed by atoms with Gasteiger partial charge in [0.15, 0.2) is 9.84 Å². The highest BCUT2D eigenvalue weighted by Crippen LogP contribution is 2.22. The second-order valence-corrected chi connectivity index (χ2v) is 8.49. The Morgan fingerprint density at radius 3 is 2.31 bits per heavy atom. The van der Waals surface area contributed by atoms with Gasteiger partial charge < -0.3 is 4.74 Å². The molecular formula is C20H23ClO4S. The first-order valence-corrected chi connectivity index (χ1v) is 10.7. The van der Waals surface area contributed by atoms with Crippen molar-refractivity contribution in [2.45, 2.75) is 37.5 Å². The number of carbonyl (C=O) groups excluding carboxylic acids is 1. The fraction of sp³-hybridized carbons (Fsp3) is 0.350. The van der Waals surface area contributed by atoms with Crippen molar-refractivity contribution in [2.24, 2.45) is 0 Å². The highest BCUT2D eigenvalue weighted by Gasteiger charge is 2.16. The van der Waals surface area contributed by atoms with Crippen LogP contribution in [0.5, 0.6) is 0 Å². The lowest BCUT2D eigenvalue weighted by atomic mass is 10.1. The van der Waals surface area contributed by atoms with E-state index in [1.807, 2.05) is 24.3 Å². The van der Waals surface area contributed by atoms with E-state index in [0.717, 1.165) is 24.0 Å². The largest absolute Gasteiger partial charge is 0.466 e. The van der Waals surface area contributed by atoms with Gasteiger partial charge in [-0.1, -0.05) is 48.0 Å². The van der Waals surface area contributed by atoms with Gasteiger partial charge in [-0.15, -0.1) is 0 Å². The Bertz CT molecular complexity index is 829. The number of aryl methyl sites for hydroxylation is 1. The molecule has 26 heavy (non-hydrogen) atoms. The van der Waals surface area contributed by atoms with E-state index in [0.29, 0.717) is 13.0 Å². The standard InChI is InChI=1S/C20H23ClO4S/c1-2-25-20(22)15-17-12-10-16(11-13-17)7-5-6-14-26(23,24)19-9-4-3-8-18(19)21/h3-4,8-13H,2,5-7,14-15H2,1H3. The zero-order valence-corrected chi connectivity index (χ0v) is 16.4. The molecule has 0 aliphatic heterocycles. The van der Waals surface area contributed by atoms with E-state index in [2.05, 4.69) is 0 Å². The van der Waals surface area contributed by atoms with Gasteiger partial charge in [-0.25, -0.2) is 8.42 Å². The average Bonchev–Trinajstić information content (AvgIpc) is 2.60. The van der Waals surface area contributed by atoms with Crippen LogP contribution < -0.4 is 0 Å². The quantitative estimate of drug-likeness (QED) is 0.471. The van der Waals surface area contributed by atoms with Crippen molar-refractivity contribution in [3.8, 4) is 0 Å². The van der Waals surface area contributed by atoms with Gasteiger partial charge in [0.1, 0.15) is 0 Å². The maximum absolute atomic E-state index is 12.3. The summed E-state index contributed by atoms with van der Waals surface area (Å²) in [6.45, 7) is 2.17. The fourth-order valence-corrected chi connectivity index (χ4v) is 4.57. The van der Waals surface area contributed by atoms with E-state index in [9.17, 15) is 13.2 Å². The van der Waals surface area contributed by atoms with Crippen LogP contribution in [0.2, 0.25) is 5.02 Å². The zero-order valence-electron chi connectivity index (χ0n) is 14.8. The van der Waals surface area contributed by atoms with Crippen LogP contribution in [0.15, 0.2) is 53.4 Å². The summed E-state index contributed by atoms with van der Waals surface area (Å²) in [4.78, 5) is 11.7. The molecule has 0 bridgehead atoms. The maximum Gasteiger partial charge on any atom is 0.310 e. The molecule has 0 spiro atoms. The van der Waals surface area contributed by atoms with Crippen molar-refractivity contribution in [1.82, 2.24) is 0 Å². The van der Waals surface area contributed by atoms with Crippen LogP contribution in [0, 0.1) is 0 Å². The van der Waals surface area contributed by atoms with Crippen LogP contribution in [0.1, 0.15) is 30.9 Å². The van der Waals surface area contributed by atoms with Crippen molar-refractivity contribution in [3.05, 3.63) is 64.7 Å². The Balaban J connectivity index is 1.81. The number of benzene rings is 2. The molecule has 6 heteroatoms. The summed E-state index contributed by atoms with van der Waals surface area (Å²) in [6.07, 6.45) is 2.39. The SMILES string of the molecule is CCOC(=O)Cc1ccc(CCCCS(=O)(=O)c2ccccc2Cl)cc1. The molecule has 2 aromatic rings. The van der Waals surface area contributed by atoms with Gasteiger partial charge in [-0.05, 0) is 49.4 Å². The lowest BCUT2D eigenvalue weighted by Crippen LogP contribution is -2.08. The average molecular weight is 395 g/mol. The summed E-state index contributed by atoms with van der Waals surface area (Å²) in [5.41, 5.74) is 2.03. The molecule has 0 unspecified atom stereocenters. The van der Waals surface area contributed by atoms with Gasteiger partial charge in [0.05, 0.1) is 28.7 Å². The highest BCUT2D eigenvalue weighted by atomic mass is 35.5.